The van der Waals surface area contributed by atoms with Gasteiger partial charge in [0.05, 0.1) is 12.0 Å². The second-order valence-corrected chi connectivity index (χ2v) is 8.70. The van der Waals surface area contributed by atoms with Gasteiger partial charge in [0, 0.05) is 38.5 Å². The average Bonchev–Trinajstić information content (AvgIpc) is 2.72. The summed E-state index contributed by atoms with van der Waals surface area (Å²) < 4.78 is 28.6. The molecule has 0 atom stereocenters. The molecule has 0 radical (unpaired) electrons. The van der Waals surface area contributed by atoms with Crippen LogP contribution in [0.3, 0.4) is 0 Å². The average molecular weight is 433 g/mol. The normalized spacial score (nSPS) is 11.7. The number of ether oxygens (including phenoxy) is 1. The Kier molecular flexibility index (Phi) is 8.23. The van der Waals surface area contributed by atoms with Crippen molar-refractivity contribution in [1.82, 2.24) is 16.0 Å². The Balaban J connectivity index is 1.80. The number of nitrogens with one attached hydrogen (secondary N) is 3. The van der Waals surface area contributed by atoms with Gasteiger partial charge in [-0.25, -0.2) is 8.42 Å². The molecule has 1 amide bonds. The first-order chi connectivity index (χ1) is 14.2. The van der Waals surface area contributed by atoms with E-state index in [1.165, 1.54) is 6.26 Å². The van der Waals surface area contributed by atoms with Crippen LogP contribution in [0.1, 0.15) is 21.5 Å². The summed E-state index contributed by atoms with van der Waals surface area (Å²) in [6, 6.07) is 12.2. The Labute approximate surface area is 177 Å². The summed E-state index contributed by atoms with van der Waals surface area (Å²) in [4.78, 5) is 16.7. The van der Waals surface area contributed by atoms with E-state index < -0.39 is 9.84 Å². The van der Waals surface area contributed by atoms with Crippen molar-refractivity contribution < 1.29 is 17.9 Å². The zero-order valence-electron chi connectivity index (χ0n) is 17.7. The number of carbonyl (C=O) groups is 1. The molecule has 30 heavy (non-hydrogen) atoms. The SMILES string of the molecule is CN=C(NCCNC(=O)c1cccc(OC)c1)NCc1ccc(S(C)(=O)=O)c(C)c1. The number of aryl methyl sites for hydroxylation is 1. The standard InChI is InChI=1S/C21H28N4O4S/c1-15-12-16(8-9-19(15)30(4,27)28)14-25-21(22-2)24-11-10-23-20(26)17-6-5-7-18(13-17)29-3/h5-9,12-13H,10-11,14H2,1-4H3,(H,23,26)(H2,22,24,25). The lowest BCUT2D eigenvalue weighted by molar-refractivity contribution is 0.0954. The van der Waals surface area contributed by atoms with Crippen molar-refractivity contribution in [2.24, 2.45) is 4.99 Å². The summed E-state index contributed by atoms with van der Waals surface area (Å²) >= 11 is 0. The zero-order chi connectivity index (χ0) is 22.1. The number of methoxy groups -OCH3 is 1. The minimum Gasteiger partial charge on any atom is -0.497 e. The minimum absolute atomic E-state index is 0.180. The van der Waals surface area contributed by atoms with Gasteiger partial charge in [-0.3, -0.25) is 9.79 Å². The zero-order valence-corrected chi connectivity index (χ0v) is 18.5. The molecular formula is C21H28N4O4S. The van der Waals surface area contributed by atoms with Crippen molar-refractivity contribution in [1.29, 1.82) is 0 Å². The van der Waals surface area contributed by atoms with E-state index in [4.69, 9.17) is 4.74 Å². The highest BCUT2D eigenvalue weighted by molar-refractivity contribution is 7.90. The van der Waals surface area contributed by atoms with Crippen LogP contribution in [0.25, 0.3) is 0 Å². The second-order valence-electron chi connectivity index (χ2n) is 6.71. The third kappa shape index (κ3) is 6.77. The van der Waals surface area contributed by atoms with Gasteiger partial charge in [0.2, 0.25) is 0 Å². The van der Waals surface area contributed by atoms with E-state index in [1.54, 1.807) is 57.5 Å². The maximum absolute atomic E-state index is 12.2. The molecule has 0 heterocycles. The van der Waals surface area contributed by atoms with E-state index in [0.717, 1.165) is 5.56 Å². The van der Waals surface area contributed by atoms with Crippen LogP contribution in [0.4, 0.5) is 0 Å². The monoisotopic (exact) mass is 432 g/mol. The molecule has 0 unspecified atom stereocenters. The summed E-state index contributed by atoms with van der Waals surface area (Å²) in [5.74, 6) is 1.03. The van der Waals surface area contributed by atoms with Gasteiger partial charge in [-0.15, -0.1) is 0 Å². The lowest BCUT2D eigenvalue weighted by Crippen LogP contribution is -2.41. The lowest BCUT2D eigenvalue weighted by Gasteiger charge is -2.13. The van der Waals surface area contributed by atoms with Gasteiger partial charge in [0.1, 0.15) is 5.75 Å². The van der Waals surface area contributed by atoms with Crippen molar-refractivity contribution in [2.75, 3.05) is 33.5 Å². The van der Waals surface area contributed by atoms with E-state index in [9.17, 15) is 13.2 Å². The maximum atomic E-state index is 12.2. The molecule has 3 N–H and O–H groups in total. The fourth-order valence-corrected chi connectivity index (χ4v) is 3.83. The first-order valence-electron chi connectivity index (χ1n) is 9.41. The van der Waals surface area contributed by atoms with E-state index in [1.807, 2.05) is 6.07 Å². The fourth-order valence-electron chi connectivity index (χ4n) is 2.87. The van der Waals surface area contributed by atoms with Crippen LogP contribution in [-0.2, 0) is 16.4 Å². The topological polar surface area (TPSA) is 109 Å². The molecule has 0 saturated heterocycles. The largest absolute Gasteiger partial charge is 0.497 e. The fraction of sp³-hybridized carbons (Fsp3) is 0.333. The predicted octanol–water partition coefficient (Wildman–Crippen LogP) is 1.50. The predicted molar refractivity (Wildman–Crippen MR) is 118 cm³/mol. The van der Waals surface area contributed by atoms with Crippen LogP contribution in [0.2, 0.25) is 0 Å². The van der Waals surface area contributed by atoms with Crippen LogP contribution in [0.15, 0.2) is 52.4 Å². The quantitative estimate of drug-likeness (QED) is 0.331. The van der Waals surface area contributed by atoms with Gasteiger partial charge in [-0.2, -0.15) is 0 Å². The number of amides is 1. The molecule has 0 fully saturated rings. The highest BCUT2D eigenvalue weighted by atomic mass is 32.2. The number of sulfone groups is 1. The summed E-state index contributed by atoms with van der Waals surface area (Å²) in [6.07, 6.45) is 1.20. The summed E-state index contributed by atoms with van der Waals surface area (Å²) in [5.41, 5.74) is 2.18. The third-order valence-electron chi connectivity index (χ3n) is 4.36. The third-order valence-corrected chi connectivity index (χ3v) is 5.61. The number of guanidine groups is 1. The molecule has 162 valence electrons. The van der Waals surface area contributed by atoms with Crippen molar-refractivity contribution >= 4 is 21.7 Å². The number of hydrogen-bond acceptors (Lipinski definition) is 5. The molecule has 0 aliphatic heterocycles. The summed E-state index contributed by atoms with van der Waals surface area (Å²) in [6.45, 7) is 3.17. The molecule has 0 spiro atoms. The molecule has 0 aliphatic rings. The number of hydrogen-bond donors (Lipinski definition) is 3. The highest BCUT2D eigenvalue weighted by Gasteiger charge is 2.11. The van der Waals surface area contributed by atoms with Crippen LogP contribution in [0.5, 0.6) is 5.75 Å². The molecule has 0 saturated carbocycles. The Morgan fingerprint density at radius 1 is 1.07 bits per heavy atom. The van der Waals surface area contributed by atoms with Gasteiger partial charge < -0.3 is 20.7 Å². The number of nitrogens with zero attached hydrogens (tertiary/aromatic N) is 1. The van der Waals surface area contributed by atoms with Crippen molar-refractivity contribution in [3.05, 3.63) is 59.2 Å². The van der Waals surface area contributed by atoms with Crippen molar-refractivity contribution in [2.45, 2.75) is 18.4 Å². The Bertz CT molecular complexity index is 1020. The first kappa shape index (κ1) is 23.2. The molecule has 9 heteroatoms. The van der Waals surface area contributed by atoms with E-state index in [0.29, 0.717) is 47.4 Å². The molecule has 0 aliphatic carbocycles. The summed E-state index contributed by atoms with van der Waals surface area (Å²) in [7, 11) is -0.0189. The van der Waals surface area contributed by atoms with Crippen LogP contribution in [-0.4, -0.2) is 53.8 Å². The number of benzene rings is 2. The highest BCUT2D eigenvalue weighted by Crippen LogP contribution is 2.16. The Morgan fingerprint density at radius 2 is 1.80 bits per heavy atom. The molecule has 2 aromatic carbocycles. The van der Waals surface area contributed by atoms with E-state index in [2.05, 4.69) is 20.9 Å². The molecule has 8 nitrogen and oxygen atoms in total. The smallest absolute Gasteiger partial charge is 0.251 e. The maximum Gasteiger partial charge on any atom is 0.251 e. The summed E-state index contributed by atoms with van der Waals surface area (Å²) in [5, 5.41) is 9.12. The van der Waals surface area contributed by atoms with Gasteiger partial charge in [0.15, 0.2) is 15.8 Å². The number of carbonyl (C=O) groups excluding carboxylic acids is 1. The molecule has 0 aromatic heterocycles. The first-order valence-corrected chi connectivity index (χ1v) is 11.3. The van der Waals surface area contributed by atoms with Gasteiger partial charge in [-0.1, -0.05) is 18.2 Å². The lowest BCUT2D eigenvalue weighted by atomic mass is 10.1. The van der Waals surface area contributed by atoms with Crippen LogP contribution in [0, 0.1) is 6.92 Å². The van der Waals surface area contributed by atoms with Crippen molar-refractivity contribution in [3.63, 3.8) is 0 Å². The molecule has 2 aromatic rings. The number of rotatable bonds is 8. The van der Waals surface area contributed by atoms with Gasteiger partial charge in [0.25, 0.3) is 5.91 Å². The Hall–Kier alpha value is -3.07. The minimum atomic E-state index is -3.23. The van der Waals surface area contributed by atoms with Crippen LogP contribution < -0.4 is 20.7 Å². The number of aliphatic imine (C=N–C) groups is 1. The molecule has 2 rings (SSSR count). The molecule has 0 bridgehead atoms. The van der Waals surface area contributed by atoms with Gasteiger partial charge >= 0.3 is 0 Å². The van der Waals surface area contributed by atoms with E-state index >= 15 is 0 Å². The van der Waals surface area contributed by atoms with E-state index in [-0.39, 0.29) is 5.91 Å². The van der Waals surface area contributed by atoms with Crippen molar-refractivity contribution in [3.8, 4) is 5.75 Å². The second kappa shape index (κ2) is 10.6. The molecular weight excluding hydrogens is 404 g/mol. The Morgan fingerprint density at radius 3 is 2.43 bits per heavy atom. The van der Waals surface area contributed by atoms with Gasteiger partial charge in [-0.05, 0) is 42.3 Å². The van der Waals surface area contributed by atoms with Crippen LogP contribution >= 0.6 is 0 Å².